The van der Waals surface area contributed by atoms with Gasteiger partial charge in [-0.15, -0.1) is 0 Å². The monoisotopic (exact) mass is 254 g/mol. The molecule has 1 heterocycles. The predicted octanol–water partition coefficient (Wildman–Crippen LogP) is 3.17. The van der Waals surface area contributed by atoms with Gasteiger partial charge in [0.15, 0.2) is 0 Å². The fourth-order valence-electron chi connectivity index (χ4n) is 2.20. The number of hydrogen-bond acceptors (Lipinski definition) is 3. The van der Waals surface area contributed by atoms with Crippen LogP contribution in [0.5, 0.6) is 5.88 Å². The molecule has 0 aromatic carbocycles. The first kappa shape index (κ1) is 12.7. The van der Waals surface area contributed by atoms with E-state index in [0.29, 0.717) is 17.0 Å². The number of nitrogens with zero attached hydrogens (tertiary/aromatic N) is 1. The van der Waals surface area contributed by atoms with Gasteiger partial charge in [-0.2, -0.15) is 0 Å². The van der Waals surface area contributed by atoms with Gasteiger partial charge in [-0.1, -0.05) is 18.0 Å². The maximum Gasteiger partial charge on any atom is 0.213 e. The van der Waals surface area contributed by atoms with Crippen molar-refractivity contribution >= 4 is 11.6 Å². The van der Waals surface area contributed by atoms with Gasteiger partial charge in [-0.05, 0) is 38.3 Å². The van der Waals surface area contributed by atoms with Crippen LogP contribution in [-0.2, 0) is 6.54 Å². The van der Waals surface area contributed by atoms with Gasteiger partial charge < -0.3 is 10.1 Å². The zero-order valence-electron chi connectivity index (χ0n) is 10.2. The van der Waals surface area contributed by atoms with Crippen molar-refractivity contribution in [1.82, 2.24) is 10.3 Å². The summed E-state index contributed by atoms with van der Waals surface area (Å²) in [5, 5.41) is 3.78. The highest BCUT2D eigenvalue weighted by atomic mass is 35.5. The van der Waals surface area contributed by atoms with Gasteiger partial charge in [0.2, 0.25) is 5.88 Å². The van der Waals surface area contributed by atoms with E-state index in [4.69, 9.17) is 16.3 Å². The van der Waals surface area contributed by atoms with E-state index in [9.17, 15) is 0 Å². The first-order valence-corrected chi connectivity index (χ1v) is 6.63. The van der Waals surface area contributed by atoms with Crippen LogP contribution in [0.2, 0.25) is 5.02 Å². The molecule has 0 amide bonds. The number of nitrogens with one attached hydrogen (secondary N) is 1. The normalized spacial score (nSPS) is 17.1. The van der Waals surface area contributed by atoms with Gasteiger partial charge in [-0.3, -0.25) is 0 Å². The molecule has 0 radical (unpaired) electrons. The summed E-state index contributed by atoms with van der Waals surface area (Å²) in [6.45, 7) is 0.738. The predicted molar refractivity (Wildman–Crippen MR) is 69.5 cm³/mol. The zero-order valence-corrected chi connectivity index (χ0v) is 11.0. The van der Waals surface area contributed by atoms with E-state index in [1.54, 1.807) is 6.20 Å². The number of pyridine rings is 1. The number of halogens is 1. The molecule has 94 valence electrons. The molecule has 1 N–H and O–H groups in total. The largest absolute Gasteiger partial charge is 0.474 e. The lowest BCUT2D eigenvalue weighted by atomic mass is 9.98. The fraction of sp³-hybridized carbons (Fsp3) is 0.615. The van der Waals surface area contributed by atoms with Crippen LogP contribution in [0.25, 0.3) is 0 Å². The molecule has 0 atom stereocenters. The van der Waals surface area contributed by atoms with Crippen LogP contribution in [0.1, 0.15) is 37.7 Å². The molecule has 4 heteroatoms. The van der Waals surface area contributed by atoms with Crippen LogP contribution in [0.15, 0.2) is 12.3 Å². The molecule has 1 aromatic rings. The minimum absolute atomic E-state index is 0.333. The Labute approximate surface area is 108 Å². The minimum Gasteiger partial charge on any atom is -0.474 e. The summed E-state index contributed by atoms with van der Waals surface area (Å²) in [5.41, 5.74) is 1.04. The van der Waals surface area contributed by atoms with Crippen LogP contribution in [0.4, 0.5) is 0 Å². The molecule has 0 aliphatic heterocycles. The lowest BCUT2D eigenvalue weighted by Crippen LogP contribution is -2.20. The fourth-order valence-corrected chi connectivity index (χ4v) is 2.37. The van der Waals surface area contributed by atoms with E-state index in [0.717, 1.165) is 24.9 Å². The maximum absolute atomic E-state index is 6.06. The van der Waals surface area contributed by atoms with E-state index < -0.39 is 0 Å². The van der Waals surface area contributed by atoms with E-state index in [1.807, 2.05) is 13.1 Å². The van der Waals surface area contributed by atoms with Gasteiger partial charge in [0.1, 0.15) is 6.10 Å². The van der Waals surface area contributed by atoms with Crippen LogP contribution in [0, 0.1) is 0 Å². The Bertz CT molecular complexity index is 364. The zero-order chi connectivity index (χ0) is 12.1. The van der Waals surface area contributed by atoms with Crippen molar-refractivity contribution in [2.45, 2.75) is 44.8 Å². The first-order chi connectivity index (χ1) is 8.29. The van der Waals surface area contributed by atoms with Crippen molar-refractivity contribution < 1.29 is 4.74 Å². The van der Waals surface area contributed by atoms with Crippen LogP contribution in [-0.4, -0.2) is 18.1 Å². The van der Waals surface area contributed by atoms with Crippen LogP contribution >= 0.6 is 11.6 Å². The van der Waals surface area contributed by atoms with Gasteiger partial charge in [0.05, 0.1) is 5.02 Å². The summed E-state index contributed by atoms with van der Waals surface area (Å²) in [6.07, 6.45) is 8.16. The molecule has 0 bridgehead atoms. The van der Waals surface area contributed by atoms with E-state index in [2.05, 4.69) is 10.3 Å². The van der Waals surface area contributed by atoms with E-state index in [-0.39, 0.29) is 0 Å². The molecule has 17 heavy (non-hydrogen) atoms. The topological polar surface area (TPSA) is 34.1 Å². The molecule has 3 nitrogen and oxygen atoms in total. The highest BCUT2D eigenvalue weighted by Crippen LogP contribution is 2.24. The third-order valence-corrected chi connectivity index (χ3v) is 3.46. The van der Waals surface area contributed by atoms with E-state index in [1.165, 1.54) is 19.3 Å². The second-order valence-corrected chi connectivity index (χ2v) is 4.93. The smallest absolute Gasteiger partial charge is 0.213 e. The second kappa shape index (κ2) is 6.22. The lowest BCUT2D eigenvalue weighted by molar-refractivity contribution is 0.148. The van der Waals surface area contributed by atoms with Crippen molar-refractivity contribution in [3.8, 4) is 5.88 Å². The van der Waals surface area contributed by atoms with Gasteiger partial charge in [-0.25, -0.2) is 4.98 Å². The van der Waals surface area contributed by atoms with Crippen molar-refractivity contribution in [1.29, 1.82) is 0 Å². The molecule has 2 rings (SSSR count). The minimum atomic E-state index is 0.333. The molecule has 1 aliphatic carbocycles. The summed E-state index contributed by atoms with van der Waals surface area (Å²) in [6, 6.07) is 1.94. The van der Waals surface area contributed by atoms with Crippen molar-refractivity contribution in [3.63, 3.8) is 0 Å². The lowest BCUT2D eigenvalue weighted by Gasteiger charge is -2.22. The second-order valence-electron chi connectivity index (χ2n) is 4.52. The average Bonchev–Trinajstić information content (AvgIpc) is 2.35. The molecule has 0 spiro atoms. The van der Waals surface area contributed by atoms with Gasteiger partial charge >= 0.3 is 0 Å². The van der Waals surface area contributed by atoms with Gasteiger partial charge in [0.25, 0.3) is 0 Å². The molecule has 0 saturated heterocycles. The van der Waals surface area contributed by atoms with Crippen LogP contribution in [0.3, 0.4) is 0 Å². The highest BCUT2D eigenvalue weighted by Gasteiger charge is 2.15. The summed E-state index contributed by atoms with van der Waals surface area (Å²) in [4.78, 5) is 4.23. The van der Waals surface area contributed by atoms with Crippen molar-refractivity contribution in [2.75, 3.05) is 7.05 Å². The van der Waals surface area contributed by atoms with Gasteiger partial charge in [0, 0.05) is 18.8 Å². The number of aromatic nitrogens is 1. The Morgan fingerprint density at radius 3 is 2.88 bits per heavy atom. The molecule has 1 aromatic heterocycles. The van der Waals surface area contributed by atoms with E-state index >= 15 is 0 Å². The molecule has 1 aliphatic rings. The molecular formula is C13H19ClN2O. The third-order valence-electron chi connectivity index (χ3n) is 3.12. The maximum atomic E-state index is 6.06. The average molecular weight is 255 g/mol. The summed E-state index contributed by atoms with van der Waals surface area (Å²) >= 11 is 6.06. The Morgan fingerprint density at radius 1 is 1.41 bits per heavy atom. The molecule has 1 fully saturated rings. The quantitative estimate of drug-likeness (QED) is 0.896. The molecular weight excluding hydrogens is 236 g/mol. The number of rotatable bonds is 4. The SMILES string of the molecule is CNCc1cc(OC2CCCCC2)ncc1Cl. The number of hydrogen-bond donors (Lipinski definition) is 1. The summed E-state index contributed by atoms with van der Waals surface area (Å²) in [5.74, 6) is 0.701. The summed E-state index contributed by atoms with van der Waals surface area (Å²) in [7, 11) is 1.90. The molecule has 1 saturated carbocycles. The number of ether oxygens (including phenoxy) is 1. The van der Waals surface area contributed by atoms with Crippen LogP contribution < -0.4 is 10.1 Å². The standard InChI is InChI=1S/C13H19ClN2O/c1-15-8-10-7-13(16-9-12(10)14)17-11-5-3-2-4-6-11/h7,9,11,15H,2-6,8H2,1H3. The third kappa shape index (κ3) is 3.58. The Hall–Kier alpha value is -0.800. The summed E-state index contributed by atoms with van der Waals surface area (Å²) < 4.78 is 5.90. The highest BCUT2D eigenvalue weighted by molar-refractivity contribution is 6.31. The Morgan fingerprint density at radius 2 is 2.18 bits per heavy atom. The van der Waals surface area contributed by atoms with Crippen molar-refractivity contribution in [2.24, 2.45) is 0 Å². The first-order valence-electron chi connectivity index (χ1n) is 6.25. The molecule has 0 unspecified atom stereocenters. The Kier molecular flexibility index (Phi) is 4.63. The van der Waals surface area contributed by atoms with Crippen molar-refractivity contribution in [3.05, 3.63) is 22.8 Å². The Balaban J connectivity index is 2.02.